The van der Waals surface area contributed by atoms with Crippen molar-refractivity contribution in [2.45, 2.75) is 13.0 Å². The second-order valence-corrected chi connectivity index (χ2v) is 2.98. The van der Waals surface area contributed by atoms with E-state index in [1.54, 1.807) is 7.11 Å². The molecule has 0 amide bonds. The summed E-state index contributed by atoms with van der Waals surface area (Å²) in [6.45, 7) is 3.55. The van der Waals surface area contributed by atoms with E-state index in [1.807, 2.05) is 0 Å². The van der Waals surface area contributed by atoms with Crippen molar-refractivity contribution in [3.05, 3.63) is 12.2 Å². The summed E-state index contributed by atoms with van der Waals surface area (Å²) >= 11 is 0. The molecule has 0 aliphatic heterocycles. The smallest absolute Gasteiger partial charge is 0.213 e. The van der Waals surface area contributed by atoms with Gasteiger partial charge in [-0.15, -0.1) is 0 Å². The van der Waals surface area contributed by atoms with Gasteiger partial charge in [0.05, 0.1) is 19.8 Å². The van der Waals surface area contributed by atoms with Crippen LogP contribution in [0.2, 0.25) is 0 Å². The van der Waals surface area contributed by atoms with E-state index in [4.69, 9.17) is 9.47 Å². The average Bonchev–Trinajstić information content (AvgIpc) is 2.75. The van der Waals surface area contributed by atoms with Gasteiger partial charge in [0.25, 0.3) is 0 Å². The maximum Gasteiger partial charge on any atom is 0.213 e. The van der Waals surface area contributed by atoms with Crippen molar-refractivity contribution in [1.82, 2.24) is 15.5 Å². The van der Waals surface area contributed by atoms with Crippen LogP contribution in [0.15, 0.2) is 10.9 Å². The van der Waals surface area contributed by atoms with Crippen LogP contribution in [-0.4, -0.2) is 43.6 Å². The Labute approximate surface area is 88.9 Å². The molecule has 0 atom stereocenters. The minimum Gasteiger partial charge on any atom is -0.382 e. The Morgan fingerprint density at radius 3 is 3.07 bits per heavy atom. The molecule has 0 saturated heterocycles. The highest BCUT2D eigenvalue weighted by Crippen LogP contribution is 1.87. The molecular formula is C9H17N3O3. The van der Waals surface area contributed by atoms with Crippen molar-refractivity contribution in [3.8, 4) is 0 Å². The third-order valence-corrected chi connectivity index (χ3v) is 1.76. The van der Waals surface area contributed by atoms with Crippen molar-refractivity contribution < 1.29 is 14.0 Å². The zero-order valence-electron chi connectivity index (χ0n) is 8.94. The predicted octanol–water partition coefficient (Wildman–Crippen LogP) is 0.212. The lowest BCUT2D eigenvalue weighted by Gasteiger charge is -2.03. The van der Waals surface area contributed by atoms with Gasteiger partial charge < -0.3 is 19.3 Å². The fourth-order valence-corrected chi connectivity index (χ4v) is 1.01. The molecule has 1 N–H and O–H groups in total. The van der Waals surface area contributed by atoms with E-state index in [0.29, 0.717) is 25.6 Å². The van der Waals surface area contributed by atoms with Crippen molar-refractivity contribution in [1.29, 1.82) is 0 Å². The van der Waals surface area contributed by atoms with Gasteiger partial charge in [-0.2, -0.15) is 4.98 Å². The lowest BCUT2D eigenvalue weighted by molar-refractivity contribution is 0.0694. The van der Waals surface area contributed by atoms with Crippen LogP contribution < -0.4 is 5.32 Å². The Hall–Kier alpha value is -0.980. The molecular weight excluding hydrogens is 198 g/mol. The molecule has 15 heavy (non-hydrogen) atoms. The average molecular weight is 215 g/mol. The fourth-order valence-electron chi connectivity index (χ4n) is 1.01. The van der Waals surface area contributed by atoms with E-state index in [2.05, 4.69) is 20.0 Å². The zero-order valence-corrected chi connectivity index (χ0v) is 8.94. The normalized spacial score (nSPS) is 10.7. The molecule has 0 spiro atoms. The van der Waals surface area contributed by atoms with Gasteiger partial charge in [-0.25, -0.2) is 0 Å². The molecule has 1 aromatic heterocycles. The molecule has 0 bridgehead atoms. The molecule has 0 fully saturated rings. The minimum absolute atomic E-state index is 0.634. The SMILES string of the molecule is COCCOCCCNCc1ncon1. The van der Waals surface area contributed by atoms with Crippen LogP contribution in [-0.2, 0) is 16.0 Å². The Morgan fingerprint density at radius 2 is 2.33 bits per heavy atom. The van der Waals surface area contributed by atoms with Gasteiger partial charge >= 0.3 is 0 Å². The van der Waals surface area contributed by atoms with Gasteiger partial charge in [-0.3, -0.25) is 0 Å². The molecule has 0 aliphatic rings. The fraction of sp³-hybridized carbons (Fsp3) is 0.778. The molecule has 0 unspecified atom stereocenters. The number of hydrogen-bond acceptors (Lipinski definition) is 6. The first-order valence-corrected chi connectivity index (χ1v) is 4.96. The minimum atomic E-state index is 0.634. The molecule has 0 radical (unpaired) electrons. The van der Waals surface area contributed by atoms with E-state index in [1.165, 1.54) is 6.39 Å². The molecule has 6 heteroatoms. The molecule has 1 aromatic rings. The molecule has 0 aromatic carbocycles. The molecule has 0 saturated carbocycles. The van der Waals surface area contributed by atoms with Gasteiger partial charge in [0.2, 0.25) is 6.39 Å². The summed E-state index contributed by atoms with van der Waals surface area (Å²) < 4.78 is 14.7. The molecule has 6 nitrogen and oxygen atoms in total. The summed E-state index contributed by atoms with van der Waals surface area (Å²) in [6, 6.07) is 0. The second kappa shape index (κ2) is 8.34. The molecule has 1 rings (SSSR count). The van der Waals surface area contributed by atoms with E-state index in [-0.39, 0.29) is 0 Å². The van der Waals surface area contributed by atoms with Gasteiger partial charge in [-0.05, 0) is 13.0 Å². The first kappa shape index (κ1) is 12.1. The van der Waals surface area contributed by atoms with Gasteiger partial charge in [-0.1, -0.05) is 5.16 Å². The van der Waals surface area contributed by atoms with Crippen LogP contribution in [0.3, 0.4) is 0 Å². The summed E-state index contributed by atoms with van der Waals surface area (Å²) in [5.74, 6) is 0.676. The number of nitrogens with one attached hydrogen (secondary N) is 1. The summed E-state index contributed by atoms with van der Waals surface area (Å²) in [4.78, 5) is 3.89. The maximum absolute atomic E-state index is 5.30. The molecule has 0 aliphatic carbocycles. The first-order valence-electron chi connectivity index (χ1n) is 4.96. The van der Waals surface area contributed by atoms with Crippen molar-refractivity contribution >= 4 is 0 Å². The second-order valence-electron chi connectivity index (χ2n) is 2.98. The van der Waals surface area contributed by atoms with Gasteiger partial charge in [0, 0.05) is 13.7 Å². The van der Waals surface area contributed by atoms with Crippen LogP contribution in [0.25, 0.3) is 0 Å². The first-order chi connectivity index (χ1) is 7.43. The number of nitrogens with zero attached hydrogens (tertiary/aromatic N) is 2. The Morgan fingerprint density at radius 1 is 1.40 bits per heavy atom. The third kappa shape index (κ3) is 6.16. The number of hydrogen-bond donors (Lipinski definition) is 1. The van der Waals surface area contributed by atoms with Crippen molar-refractivity contribution in [3.63, 3.8) is 0 Å². The van der Waals surface area contributed by atoms with E-state index >= 15 is 0 Å². The number of rotatable bonds is 9. The summed E-state index contributed by atoms with van der Waals surface area (Å²) in [6.07, 6.45) is 2.28. The highest BCUT2D eigenvalue weighted by Gasteiger charge is 1.96. The van der Waals surface area contributed by atoms with E-state index < -0.39 is 0 Å². The maximum atomic E-state index is 5.30. The summed E-state index contributed by atoms with van der Waals surface area (Å²) in [5.41, 5.74) is 0. The van der Waals surface area contributed by atoms with Gasteiger partial charge in [0.15, 0.2) is 5.82 Å². The summed E-state index contributed by atoms with van der Waals surface area (Å²) in [7, 11) is 1.66. The van der Waals surface area contributed by atoms with Crippen LogP contribution in [0.1, 0.15) is 12.2 Å². The quantitative estimate of drug-likeness (QED) is 0.594. The Bertz CT molecular complexity index is 229. The highest BCUT2D eigenvalue weighted by molar-refractivity contribution is 4.75. The topological polar surface area (TPSA) is 69.4 Å². The summed E-state index contributed by atoms with van der Waals surface area (Å²) in [5, 5.41) is 6.86. The van der Waals surface area contributed by atoms with Crippen LogP contribution in [0.5, 0.6) is 0 Å². The standard InChI is InChI=1S/C9H17N3O3/c1-13-5-6-14-4-2-3-10-7-9-11-8-15-12-9/h8,10H,2-7H2,1H3. The van der Waals surface area contributed by atoms with Crippen LogP contribution in [0, 0.1) is 0 Å². The Kier molecular flexibility index (Phi) is 6.72. The van der Waals surface area contributed by atoms with Crippen LogP contribution in [0.4, 0.5) is 0 Å². The van der Waals surface area contributed by atoms with Crippen molar-refractivity contribution in [2.75, 3.05) is 33.5 Å². The number of aromatic nitrogens is 2. The van der Waals surface area contributed by atoms with Crippen LogP contribution >= 0.6 is 0 Å². The van der Waals surface area contributed by atoms with Gasteiger partial charge in [0.1, 0.15) is 0 Å². The lowest BCUT2D eigenvalue weighted by atomic mass is 10.4. The lowest BCUT2D eigenvalue weighted by Crippen LogP contribution is -2.17. The molecule has 1 heterocycles. The highest BCUT2D eigenvalue weighted by atomic mass is 16.5. The number of methoxy groups -OCH3 is 1. The number of ether oxygens (including phenoxy) is 2. The predicted molar refractivity (Wildman–Crippen MR) is 53.3 cm³/mol. The van der Waals surface area contributed by atoms with E-state index in [9.17, 15) is 0 Å². The van der Waals surface area contributed by atoms with Crippen molar-refractivity contribution in [2.24, 2.45) is 0 Å². The van der Waals surface area contributed by atoms with E-state index in [0.717, 1.165) is 19.6 Å². The monoisotopic (exact) mass is 215 g/mol. The third-order valence-electron chi connectivity index (χ3n) is 1.76. The zero-order chi connectivity index (χ0) is 10.8. The Balaban J connectivity index is 1.81. The largest absolute Gasteiger partial charge is 0.382 e. The molecule has 86 valence electrons.